The van der Waals surface area contributed by atoms with Gasteiger partial charge in [-0.05, 0) is 21.8 Å². The van der Waals surface area contributed by atoms with Crippen molar-refractivity contribution < 1.29 is 0 Å². The minimum Gasteiger partial charge on any atom is -0.372 e. The molecule has 0 aliphatic carbocycles. The Morgan fingerprint density at radius 1 is 1.54 bits per heavy atom. The third-order valence-corrected chi connectivity index (χ3v) is 2.20. The SMILES string of the molecule is CNc1nc(CC(C)C)ncc1Br. The van der Waals surface area contributed by atoms with Gasteiger partial charge in [0.1, 0.15) is 11.6 Å². The van der Waals surface area contributed by atoms with Crippen LogP contribution < -0.4 is 5.32 Å². The van der Waals surface area contributed by atoms with E-state index in [-0.39, 0.29) is 0 Å². The molecular formula is C9H14BrN3. The van der Waals surface area contributed by atoms with Crippen molar-refractivity contribution in [2.24, 2.45) is 5.92 Å². The molecule has 0 bridgehead atoms. The molecule has 4 heteroatoms. The van der Waals surface area contributed by atoms with Crippen LogP contribution in [0, 0.1) is 5.92 Å². The maximum Gasteiger partial charge on any atom is 0.143 e. The van der Waals surface area contributed by atoms with Gasteiger partial charge in [-0.15, -0.1) is 0 Å². The van der Waals surface area contributed by atoms with Crippen LogP contribution in [0.2, 0.25) is 0 Å². The molecule has 1 aromatic rings. The monoisotopic (exact) mass is 243 g/mol. The summed E-state index contributed by atoms with van der Waals surface area (Å²) in [6.07, 6.45) is 2.71. The summed E-state index contributed by atoms with van der Waals surface area (Å²) in [7, 11) is 1.85. The van der Waals surface area contributed by atoms with Crippen molar-refractivity contribution in [3.8, 4) is 0 Å². The first-order valence-corrected chi connectivity index (χ1v) is 5.12. The summed E-state index contributed by atoms with van der Waals surface area (Å²) in [6.45, 7) is 4.31. The molecule has 0 amide bonds. The summed E-state index contributed by atoms with van der Waals surface area (Å²) in [5, 5.41) is 3.01. The zero-order chi connectivity index (χ0) is 9.84. The molecule has 0 aliphatic heterocycles. The van der Waals surface area contributed by atoms with Gasteiger partial charge in [0.25, 0.3) is 0 Å². The molecule has 3 nitrogen and oxygen atoms in total. The Bertz CT molecular complexity index is 286. The fourth-order valence-corrected chi connectivity index (χ4v) is 1.43. The lowest BCUT2D eigenvalue weighted by atomic mass is 10.1. The van der Waals surface area contributed by atoms with Crippen LogP contribution in [0.5, 0.6) is 0 Å². The first-order valence-electron chi connectivity index (χ1n) is 4.32. The van der Waals surface area contributed by atoms with Gasteiger partial charge < -0.3 is 5.32 Å². The van der Waals surface area contributed by atoms with Crippen LogP contribution >= 0.6 is 15.9 Å². The summed E-state index contributed by atoms with van der Waals surface area (Å²) in [5.74, 6) is 2.33. The summed E-state index contributed by atoms with van der Waals surface area (Å²) >= 11 is 3.37. The average molecular weight is 244 g/mol. The van der Waals surface area contributed by atoms with E-state index in [4.69, 9.17) is 0 Å². The first-order chi connectivity index (χ1) is 6.13. The highest BCUT2D eigenvalue weighted by molar-refractivity contribution is 9.10. The molecule has 1 rings (SSSR count). The van der Waals surface area contributed by atoms with E-state index in [9.17, 15) is 0 Å². The standard InChI is InChI=1S/C9H14BrN3/c1-6(2)4-8-12-5-7(10)9(11-3)13-8/h5-6H,4H2,1-3H3,(H,11,12,13). The van der Waals surface area contributed by atoms with Crippen molar-refractivity contribution in [3.05, 3.63) is 16.5 Å². The summed E-state index contributed by atoms with van der Waals surface area (Å²) in [4.78, 5) is 8.59. The average Bonchev–Trinajstić information content (AvgIpc) is 2.07. The third kappa shape index (κ3) is 2.95. The predicted octanol–water partition coefficient (Wildman–Crippen LogP) is 2.48. The predicted molar refractivity (Wildman–Crippen MR) is 57.8 cm³/mol. The van der Waals surface area contributed by atoms with Crippen LogP contribution in [0.15, 0.2) is 10.7 Å². The number of nitrogens with zero attached hydrogens (tertiary/aromatic N) is 2. The number of hydrogen-bond acceptors (Lipinski definition) is 3. The van der Waals surface area contributed by atoms with Crippen LogP contribution in [0.25, 0.3) is 0 Å². The highest BCUT2D eigenvalue weighted by Crippen LogP contribution is 2.18. The Morgan fingerprint density at radius 2 is 2.23 bits per heavy atom. The maximum atomic E-state index is 4.36. The third-order valence-electron chi connectivity index (χ3n) is 1.62. The van der Waals surface area contributed by atoms with Crippen LogP contribution in [0.1, 0.15) is 19.7 Å². The van der Waals surface area contributed by atoms with Gasteiger partial charge in [-0.1, -0.05) is 13.8 Å². The molecule has 0 aliphatic rings. The zero-order valence-corrected chi connectivity index (χ0v) is 9.72. The maximum absolute atomic E-state index is 4.36. The van der Waals surface area contributed by atoms with Crippen molar-refractivity contribution in [3.63, 3.8) is 0 Å². The second-order valence-corrected chi connectivity index (χ2v) is 4.19. The van der Waals surface area contributed by atoms with E-state index >= 15 is 0 Å². The van der Waals surface area contributed by atoms with Gasteiger partial charge >= 0.3 is 0 Å². The fraction of sp³-hybridized carbons (Fsp3) is 0.556. The molecule has 1 N–H and O–H groups in total. The smallest absolute Gasteiger partial charge is 0.143 e. The Balaban J connectivity index is 2.86. The topological polar surface area (TPSA) is 37.8 Å². The van der Waals surface area contributed by atoms with Gasteiger partial charge in [0.2, 0.25) is 0 Å². The first kappa shape index (κ1) is 10.4. The van der Waals surface area contributed by atoms with E-state index in [0.29, 0.717) is 5.92 Å². The van der Waals surface area contributed by atoms with Crippen molar-refractivity contribution in [1.82, 2.24) is 9.97 Å². The molecule has 1 heterocycles. The Kier molecular flexibility index (Phi) is 3.66. The zero-order valence-electron chi connectivity index (χ0n) is 8.13. The van der Waals surface area contributed by atoms with Crippen molar-refractivity contribution >= 4 is 21.7 Å². The van der Waals surface area contributed by atoms with Gasteiger partial charge in [-0.25, -0.2) is 9.97 Å². The lowest BCUT2D eigenvalue weighted by Gasteiger charge is -2.06. The van der Waals surface area contributed by atoms with Gasteiger partial charge in [0, 0.05) is 19.7 Å². The largest absolute Gasteiger partial charge is 0.372 e. The minimum atomic E-state index is 0.589. The molecule has 0 saturated carbocycles. The molecule has 1 aromatic heterocycles. The minimum absolute atomic E-state index is 0.589. The van der Waals surface area contributed by atoms with Crippen LogP contribution in [0.4, 0.5) is 5.82 Å². The molecule has 0 radical (unpaired) electrons. The summed E-state index contributed by atoms with van der Waals surface area (Å²) < 4.78 is 0.905. The van der Waals surface area contributed by atoms with Crippen LogP contribution in [0.3, 0.4) is 0 Å². The van der Waals surface area contributed by atoms with Crippen LogP contribution in [-0.2, 0) is 6.42 Å². The molecular weight excluding hydrogens is 230 g/mol. The number of nitrogens with one attached hydrogen (secondary N) is 1. The van der Waals surface area contributed by atoms with Crippen LogP contribution in [-0.4, -0.2) is 17.0 Å². The molecule has 0 atom stereocenters. The number of anilines is 1. The van der Waals surface area contributed by atoms with Crippen molar-refractivity contribution in [2.45, 2.75) is 20.3 Å². The second-order valence-electron chi connectivity index (χ2n) is 3.33. The van der Waals surface area contributed by atoms with E-state index in [1.807, 2.05) is 7.05 Å². The number of halogens is 1. The lowest BCUT2D eigenvalue weighted by Crippen LogP contribution is -2.03. The summed E-state index contributed by atoms with van der Waals surface area (Å²) in [5.41, 5.74) is 0. The van der Waals surface area contributed by atoms with Gasteiger partial charge in [-0.3, -0.25) is 0 Å². The van der Waals surface area contributed by atoms with Crippen molar-refractivity contribution in [2.75, 3.05) is 12.4 Å². The molecule has 0 fully saturated rings. The van der Waals surface area contributed by atoms with Crippen molar-refractivity contribution in [1.29, 1.82) is 0 Å². The van der Waals surface area contributed by atoms with E-state index in [1.54, 1.807) is 6.20 Å². The number of hydrogen-bond donors (Lipinski definition) is 1. The van der Waals surface area contributed by atoms with Gasteiger partial charge in [0.15, 0.2) is 0 Å². The normalized spacial score (nSPS) is 10.5. The molecule has 0 spiro atoms. The summed E-state index contributed by atoms with van der Waals surface area (Å²) in [6, 6.07) is 0. The Hall–Kier alpha value is -0.640. The van der Waals surface area contributed by atoms with Gasteiger partial charge in [-0.2, -0.15) is 0 Å². The molecule has 13 heavy (non-hydrogen) atoms. The molecule has 0 aromatic carbocycles. The Morgan fingerprint density at radius 3 is 2.77 bits per heavy atom. The second kappa shape index (κ2) is 4.56. The molecule has 0 saturated heterocycles. The quantitative estimate of drug-likeness (QED) is 0.887. The molecule has 72 valence electrons. The number of aromatic nitrogens is 2. The fourth-order valence-electron chi connectivity index (χ4n) is 1.04. The van der Waals surface area contributed by atoms with E-state index in [2.05, 4.69) is 45.1 Å². The van der Waals surface area contributed by atoms with E-state index in [0.717, 1.165) is 22.5 Å². The Labute approximate surface area is 87.1 Å². The highest BCUT2D eigenvalue weighted by Gasteiger charge is 2.04. The highest BCUT2D eigenvalue weighted by atomic mass is 79.9. The van der Waals surface area contributed by atoms with Gasteiger partial charge in [0.05, 0.1) is 4.47 Å². The molecule has 0 unspecified atom stereocenters. The van der Waals surface area contributed by atoms with E-state index < -0.39 is 0 Å². The lowest BCUT2D eigenvalue weighted by molar-refractivity contribution is 0.621. The number of rotatable bonds is 3. The van der Waals surface area contributed by atoms with E-state index in [1.165, 1.54) is 0 Å².